The number of benzene rings is 2. The molecule has 1 saturated heterocycles. The summed E-state index contributed by atoms with van der Waals surface area (Å²) in [6.45, 7) is 1.70. The molecule has 1 aliphatic rings. The lowest BCUT2D eigenvalue weighted by molar-refractivity contribution is -0.143. The highest BCUT2D eigenvalue weighted by molar-refractivity contribution is 5.89. The molecule has 1 fully saturated rings. The number of rotatable bonds is 10. The predicted octanol–water partition coefficient (Wildman–Crippen LogP) is 1.94. The largest absolute Gasteiger partial charge is 0.383 e. The number of carbonyl (C=O) groups excluding carboxylic acids is 2. The van der Waals surface area contributed by atoms with Crippen LogP contribution in [0, 0.1) is 0 Å². The second-order valence-corrected chi connectivity index (χ2v) is 8.01. The number of amides is 2. The second kappa shape index (κ2) is 11.0. The number of para-hydroxylation sites is 1. The lowest BCUT2D eigenvalue weighted by Crippen LogP contribution is -2.48. The molecule has 0 bridgehead atoms. The van der Waals surface area contributed by atoms with Crippen LogP contribution in [0.15, 0.2) is 54.6 Å². The lowest BCUT2D eigenvalue weighted by Gasteiger charge is -2.33. The molecule has 0 aliphatic carbocycles. The van der Waals surface area contributed by atoms with Gasteiger partial charge in [-0.05, 0) is 30.5 Å². The minimum absolute atomic E-state index is 0.0259. The minimum atomic E-state index is -0.797. The van der Waals surface area contributed by atoms with Crippen LogP contribution in [-0.2, 0) is 25.6 Å². The quantitative estimate of drug-likeness (QED) is 0.473. The zero-order valence-corrected chi connectivity index (χ0v) is 18.7. The zero-order valence-electron chi connectivity index (χ0n) is 18.7. The SMILES string of the molecule is COCCNC(=O)[C@@H](c1ccccc1)N(C[C@@H]1CCCO1)C(=O)Cn1nnc2ccccc21. The molecule has 2 aromatic carbocycles. The molecule has 2 heterocycles. The van der Waals surface area contributed by atoms with Gasteiger partial charge < -0.3 is 19.7 Å². The third-order valence-electron chi connectivity index (χ3n) is 5.73. The molecule has 1 aromatic heterocycles. The van der Waals surface area contributed by atoms with Gasteiger partial charge in [0.1, 0.15) is 18.1 Å². The van der Waals surface area contributed by atoms with E-state index < -0.39 is 6.04 Å². The van der Waals surface area contributed by atoms with Crippen molar-refractivity contribution in [2.24, 2.45) is 0 Å². The van der Waals surface area contributed by atoms with Gasteiger partial charge in [-0.1, -0.05) is 47.7 Å². The van der Waals surface area contributed by atoms with Crippen LogP contribution in [0.5, 0.6) is 0 Å². The average Bonchev–Trinajstić information content (AvgIpc) is 3.50. The van der Waals surface area contributed by atoms with Crippen molar-refractivity contribution in [2.45, 2.75) is 31.5 Å². The lowest BCUT2D eigenvalue weighted by atomic mass is 10.0. The van der Waals surface area contributed by atoms with Crippen LogP contribution < -0.4 is 5.32 Å². The Kier molecular flexibility index (Phi) is 7.64. The fraction of sp³-hybridized carbons (Fsp3) is 0.417. The molecule has 9 heteroatoms. The first-order valence-corrected chi connectivity index (χ1v) is 11.2. The summed E-state index contributed by atoms with van der Waals surface area (Å²) in [5, 5.41) is 11.2. The number of fused-ring (bicyclic) bond motifs is 1. The molecule has 174 valence electrons. The number of hydrogen-bond donors (Lipinski definition) is 1. The molecular formula is C24H29N5O4. The molecule has 2 atom stereocenters. The summed E-state index contributed by atoms with van der Waals surface area (Å²) in [7, 11) is 1.58. The summed E-state index contributed by atoms with van der Waals surface area (Å²) >= 11 is 0. The molecule has 2 amide bonds. The van der Waals surface area contributed by atoms with Crippen LogP contribution in [0.1, 0.15) is 24.4 Å². The van der Waals surface area contributed by atoms with Crippen molar-refractivity contribution in [3.05, 3.63) is 60.2 Å². The number of ether oxygens (including phenoxy) is 2. The maximum Gasteiger partial charge on any atom is 0.247 e. The Bertz CT molecular complexity index is 1060. The summed E-state index contributed by atoms with van der Waals surface area (Å²) in [4.78, 5) is 28.6. The zero-order chi connectivity index (χ0) is 23.0. The van der Waals surface area contributed by atoms with Crippen molar-refractivity contribution >= 4 is 22.8 Å². The third-order valence-corrected chi connectivity index (χ3v) is 5.73. The van der Waals surface area contributed by atoms with Gasteiger partial charge in [0.2, 0.25) is 11.8 Å². The average molecular weight is 452 g/mol. The van der Waals surface area contributed by atoms with E-state index in [1.54, 1.807) is 16.7 Å². The van der Waals surface area contributed by atoms with E-state index in [4.69, 9.17) is 9.47 Å². The van der Waals surface area contributed by atoms with Gasteiger partial charge in [0.05, 0.1) is 18.2 Å². The fourth-order valence-electron chi connectivity index (χ4n) is 4.09. The number of nitrogens with one attached hydrogen (secondary N) is 1. The topological polar surface area (TPSA) is 98.6 Å². The second-order valence-electron chi connectivity index (χ2n) is 8.01. The van der Waals surface area contributed by atoms with Crippen LogP contribution in [0.25, 0.3) is 11.0 Å². The van der Waals surface area contributed by atoms with E-state index in [0.717, 1.165) is 23.9 Å². The van der Waals surface area contributed by atoms with Crippen molar-refractivity contribution in [2.75, 3.05) is 33.4 Å². The molecule has 0 spiro atoms. The summed E-state index contributed by atoms with van der Waals surface area (Å²) in [6.07, 6.45) is 1.68. The Hall–Kier alpha value is -3.30. The molecule has 1 aliphatic heterocycles. The molecule has 9 nitrogen and oxygen atoms in total. The van der Waals surface area contributed by atoms with Gasteiger partial charge in [0, 0.05) is 26.8 Å². The van der Waals surface area contributed by atoms with Gasteiger partial charge in [-0.3, -0.25) is 9.59 Å². The van der Waals surface area contributed by atoms with E-state index in [1.807, 2.05) is 54.6 Å². The molecule has 0 saturated carbocycles. The van der Waals surface area contributed by atoms with E-state index in [9.17, 15) is 9.59 Å². The van der Waals surface area contributed by atoms with Crippen molar-refractivity contribution in [1.29, 1.82) is 0 Å². The summed E-state index contributed by atoms with van der Waals surface area (Å²) < 4.78 is 12.5. The van der Waals surface area contributed by atoms with Crippen LogP contribution >= 0.6 is 0 Å². The van der Waals surface area contributed by atoms with E-state index >= 15 is 0 Å². The molecule has 33 heavy (non-hydrogen) atoms. The van der Waals surface area contributed by atoms with Gasteiger partial charge >= 0.3 is 0 Å². The third kappa shape index (κ3) is 5.55. The van der Waals surface area contributed by atoms with Crippen molar-refractivity contribution in [1.82, 2.24) is 25.2 Å². The number of methoxy groups -OCH3 is 1. The first-order chi connectivity index (χ1) is 16.2. The van der Waals surface area contributed by atoms with Gasteiger partial charge in [0.15, 0.2) is 0 Å². The molecule has 0 radical (unpaired) electrons. The number of carbonyl (C=O) groups is 2. The molecule has 3 aromatic rings. The number of nitrogens with zero attached hydrogens (tertiary/aromatic N) is 4. The number of aromatic nitrogens is 3. The van der Waals surface area contributed by atoms with Gasteiger partial charge in [0.25, 0.3) is 0 Å². The van der Waals surface area contributed by atoms with Gasteiger partial charge in [-0.15, -0.1) is 5.10 Å². The van der Waals surface area contributed by atoms with Gasteiger partial charge in [-0.25, -0.2) is 4.68 Å². The predicted molar refractivity (Wildman–Crippen MR) is 122 cm³/mol. The van der Waals surface area contributed by atoms with Crippen molar-refractivity contribution in [3.63, 3.8) is 0 Å². The molecule has 4 rings (SSSR count). The van der Waals surface area contributed by atoms with E-state index in [1.165, 1.54) is 0 Å². The summed E-state index contributed by atoms with van der Waals surface area (Å²) in [5.74, 6) is -0.482. The first-order valence-electron chi connectivity index (χ1n) is 11.2. The van der Waals surface area contributed by atoms with Crippen LogP contribution in [0.3, 0.4) is 0 Å². The Labute approximate surface area is 192 Å². The smallest absolute Gasteiger partial charge is 0.247 e. The Morgan fingerprint density at radius 1 is 1.21 bits per heavy atom. The number of hydrogen-bond acceptors (Lipinski definition) is 6. The Morgan fingerprint density at radius 3 is 2.76 bits per heavy atom. The van der Waals surface area contributed by atoms with Crippen LogP contribution in [-0.4, -0.2) is 71.2 Å². The fourth-order valence-corrected chi connectivity index (χ4v) is 4.09. The maximum atomic E-state index is 13.7. The van der Waals surface area contributed by atoms with E-state index in [2.05, 4.69) is 15.6 Å². The Morgan fingerprint density at radius 2 is 2.00 bits per heavy atom. The van der Waals surface area contributed by atoms with Crippen molar-refractivity contribution < 1.29 is 19.1 Å². The monoisotopic (exact) mass is 451 g/mol. The molecular weight excluding hydrogens is 422 g/mol. The van der Waals surface area contributed by atoms with Crippen LogP contribution in [0.4, 0.5) is 0 Å². The molecule has 1 N–H and O–H groups in total. The highest BCUT2D eigenvalue weighted by Gasteiger charge is 2.34. The summed E-state index contributed by atoms with van der Waals surface area (Å²) in [5.41, 5.74) is 2.22. The van der Waals surface area contributed by atoms with Crippen molar-refractivity contribution in [3.8, 4) is 0 Å². The summed E-state index contributed by atoms with van der Waals surface area (Å²) in [6, 6.07) is 16.0. The van der Waals surface area contributed by atoms with Crippen LogP contribution in [0.2, 0.25) is 0 Å². The minimum Gasteiger partial charge on any atom is -0.383 e. The maximum absolute atomic E-state index is 13.7. The highest BCUT2D eigenvalue weighted by Crippen LogP contribution is 2.25. The standard InChI is InChI=1S/C24H29N5O4/c1-32-15-13-25-24(31)23(18-8-3-2-4-9-18)28(16-19-10-7-14-33-19)22(30)17-29-21-12-6-5-11-20(21)26-27-29/h2-6,8-9,11-12,19,23H,7,10,13-17H2,1H3,(H,25,31)/t19-,23+/m0/s1. The Balaban J connectivity index is 1.64. The van der Waals surface area contributed by atoms with E-state index in [-0.39, 0.29) is 24.5 Å². The normalized spacial score (nSPS) is 16.6. The molecule has 0 unspecified atom stereocenters. The van der Waals surface area contributed by atoms with Gasteiger partial charge in [-0.2, -0.15) is 0 Å². The highest BCUT2D eigenvalue weighted by atomic mass is 16.5. The first kappa shape index (κ1) is 22.9. The van der Waals surface area contributed by atoms with E-state index in [0.29, 0.717) is 31.8 Å².